The lowest BCUT2D eigenvalue weighted by Gasteiger charge is -2.15. The van der Waals surface area contributed by atoms with Gasteiger partial charge in [-0.15, -0.1) is 0 Å². The SMILES string of the molecule is Cc1nc2ccccc2n(CCNC(C)C2CC2)c1=O. The van der Waals surface area contributed by atoms with E-state index < -0.39 is 0 Å². The summed E-state index contributed by atoms with van der Waals surface area (Å²) in [5.74, 6) is 0.836. The van der Waals surface area contributed by atoms with Gasteiger partial charge in [-0.1, -0.05) is 12.1 Å². The predicted octanol–water partition coefficient (Wildman–Crippen LogP) is 2.09. The zero-order chi connectivity index (χ0) is 14.1. The van der Waals surface area contributed by atoms with Crippen LogP contribution in [0.1, 0.15) is 25.5 Å². The zero-order valence-electron chi connectivity index (χ0n) is 12.1. The molecule has 1 N–H and O–H groups in total. The molecule has 1 atom stereocenters. The standard InChI is InChI=1S/C16H21N3O/c1-11(13-7-8-13)17-9-10-19-15-6-4-3-5-14(15)18-12(2)16(19)20/h3-6,11,13,17H,7-10H2,1-2H3. The van der Waals surface area contributed by atoms with Crippen molar-refractivity contribution in [2.75, 3.05) is 6.54 Å². The first-order chi connectivity index (χ1) is 9.66. The molecule has 4 heteroatoms. The summed E-state index contributed by atoms with van der Waals surface area (Å²) in [7, 11) is 0. The molecule has 1 unspecified atom stereocenters. The number of rotatable bonds is 5. The van der Waals surface area contributed by atoms with E-state index in [0.29, 0.717) is 18.3 Å². The maximum atomic E-state index is 12.3. The van der Waals surface area contributed by atoms with E-state index in [1.54, 1.807) is 6.92 Å². The van der Waals surface area contributed by atoms with Gasteiger partial charge in [0.2, 0.25) is 0 Å². The third-order valence-corrected chi connectivity index (χ3v) is 4.15. The van der Waals surface area contributed by atoms with E-state index in [1.807, 2.05) is 28.8 Å². The van der Waals surface area contributed by atoms with Crippen molar-refractivity contribution in [3.63, 3.8) is 0 Å². The minimum absolute atomic E-state index is 0.0181. The highest BCUT2D eigenvalue weighted by atomic mass is 16.1. The van der Waals surface area contributed by atoms with E-state index >= 15 is 0 Å². The summed E-state index contributed by atoms with van der Waals surface area (Å²) in [6.07, 6.45) is 2.68. The Morgan fingerprint density at radius 1 is 1.40 bits per heavy atom. The molecule has 3 rings (SSSR count). The van der Waals surface area contributed by atoms with E-state index in [4.69, 9.17) is 0 Å². The van der Waals surface area contributed by atoms with Gasteiger partial charge in [-0.05, 0) is 44.7 Å². The first-order valence-corrected chi connectivity index (χ1v) is 7.36. The number of nitrogens with one attached hydrogen (secondary N) is 1. The lowest BCUT2D eigenvalue weighted by Crippen LogP contribution is -2.34. The molecule has 1 aromatic heterocycles. The van der Waals surface area contributed by atoms with E-state index in [1.165, 1.54) is 12.8 Å². The summed E-state index contributed by atoms with van der Waals surface area (Å²) in [5, 5.41) is 3.52. The third kappa shape index (κ3) is 2.61. The van der Waals surface area contributed by atoms with Gasteiger partial charge >= 0.3 is 0 Å². The minimum atomic E-state index is 0.0181. The molecular formula is C16H21N3O. The molecule has 1 saturated carbocycles. The normalized spacial score (nSPS) is 16.5. The summed E-state index contributed by atoms with van der Waals surface area (Å²) >= 11 is 0. The Labute approximate surface area is 118 Å². The predicted molar refractivity (Wildman–Crippen MR) is 80.9 cm³/mol. The van der Waals surface area contributed by atoms with Crippen molar-refractivity contribution in [2.24, 2.45) is 5.92 Å². The molecule has 0 radical (unpaired) electrons. The lowest BCUT2D eigenvalue weighted by molar-refractivity contribution is 0.475. The number of para-hydroxylation sites is 2. The second kappa shape index (κ2) is 5.37. The third-order valence-electron chi connectivity index (χ3n) is 4.15. The largest absolute Gasteiger partial charge is 0.312 e. The summed E-state index contributed by atoms with van der Waals surface area (Å²) < 4.78 is 1.84. The highest BCUT2D eigenvalue weighted by Gasteiger charge is 2.27. The maximum absolute atomic E-state index is 12.3. The highest BCUT2D eigenvalue weighted by molar-refractivity contribution is 5.74. The van der Waals surface area contributed by atoms with Crippen LogP contribution < -0.4 is 10.9 Å². The van der Waals surface area contributed by atoms with Crippen LogP contribution in [0, 0.1) is 12.8 Å². The molecule has 1 aliphatic rings. The Kier molecular flexibility index (Phi) is 3.57. The Balaban J connectivity index is 1.82. The second-order valence-corrected chi connectivity index (χ2v) is 5.72. The number of aromatic nitrogens is 2. The van der Waals surface area contributed by atoms with Crippen molar-refractivity contribution in [1.82, 2.24) is 14.9 Å². The van der Waals surface area contributed by atoms with Crippen LogP contribution in [0.3, 0.4) is 0 Å². The second-order valence-electron chi connectivity index (χ2n) is 5.72. The first kappa shape index (κ1) is 13.3. The zero-order valence-corrected chi connectivity index (χ0v) is 12.1. The number of aryl methyl sites for hydroxylation is 1. The number of hydrogen-bond acceptors (Lipinski definition) is 3. The molecule has 1 fully saturated rings. The number of benzene rings is 1. The molecule has 0 aliphatic heterocycles. The Morgan fingerprint density at radius 3 is 2.90 bits per heavy atom. The van der Waals surface area contributed by atoms with Gasteiger partial charge in [-0.3, -0.25) is 4.79 Å². The van der Waals surface area contributed by atoms with Crippen LogP contribution in [-0.4, -0.2) is 22.1 Å². The van der Waals surface area contributed by atoms with E-state index in [9.17, 15) is 4.79 Å². The average Bonchev–Trinajstić information content (AvgIpc) is 3.27. The average molecular weight is 271 g/mol. The molecule has 4 nitrogen and oxygen atoms in total. The van der Waals surface area contributed by atoms with Gasteiger partial charge in [0.25, 0.3) is 5.56 Å². The topological polar surface area (TPSA) is 46.9 Å². The summed E-state index contributed by atoms with van der Waals surface area (Å²) in [6, 6.07) is 8.39. The van der Waals surface area contributed by atoms with Gasteiger partial charge in [0.15, 0.2) is 0 Å². The molecule has 2 aromatic rings. The van der Waals surface area contributed by atoms with Gasteiger partial charge in [0.05, 0.1) is 11.0 Å². The summed E-state index contributed by atoms with van der Waals surface area (Å²) in [6.45, 7) is 5.53. The van der Waals surface area contributed by atoms with Crippen LogP contribution in [-0.2, 0) is 6.54 Å². The van der Waals surface area contributed by atoms with Gasteiger partial charge in [0, 0.05) is 19.1 Å². The fraction of sp³-hybridized carbons (Fsp3) is 0.500. The van der Waals surface area contributed by atoms with Crippen LogP contribution in [0.25, 0.3) is 11.0 Å². The van der Waals surface area contributed by atoms with Crippen LogP contribution in [0.15, 0.2) is 29.1 Å². The van der Waals surface area contributed by atoms with Crippen LogP contribution in [0.5, 0.6) is 0 Å². The fourth-order valence-electron chi connectivity index (χ4n) is 2.71. The van der Waals surface area contributed by atoms with E-state index in [0.717, 1.165) is 23.5 Å². The fourth-order valence-corrected chi connectivity index (χ4v) is 2.71. The summed E-state index contributed by atoms with van der Waals surface area (Å²) in [5.41, 5.74) is 2.40. The molecular weight excluding hydrogens is 250 g/mol. The Morgan fingerprint density at radius 2 is 2.15 bits per heavy atom. The molecule has 0 spiro atoms. The van der Waals surface area contributed by atoms with Gasteiger partial charge in [-0.2, -0.15) is 0 Å². The van der Waals surface area contributed by atoms with Crippen molar-refractivity contribution in [3.8, 4) is 0 Å². The van der Waals surface area contributed by atoms with Gasteiger partial charge in [0.1, 0.15) is 5.69 Å². The smallest absolute Gasteiger partial charge is 0.272 e. The molecule has 0 saturated heterocycles. The van der Waals surface area contributed by atoms with Crippen molar-refractivity contribution in [3.05, 3.63) is 40.3 Å². The van der Waals surface area contributed by atoms with Gasteiger partial charge < -0.3 is 9.88 Å². The number of fused-ring (bicyclic) bond motifs is 1. The molecule has 0 amide bonds. The quantitative estimate of drug-likeness (QED) is 0.906. The number of nitrogens with zero attached hydrogens (tertiary/aromatic N) is 2. The molecule has 106 valence electrons. The monoisotopic (exact) mass is 271 g/mol. The van der Waals surface area contributed by atoms with Crippen LogP contribution in [0.4, 0.5) is 0 Å². The van der Waals surface area contributed by atoms with Crippen LogP contribution in [0.2, 0.25) is 0 Å². The molecule has 0 bridgehead atoms. The Bertz CT molecular complexity index is 673. The van der Waals surface area contributed by atoms with Crippen molar-refractivity contribution in [1.29, 1.82) is 0 Å². The minimum Gasteiger partial charge on any atom is -0.312 e. The molecule has 1 heterocycles. The molecule has 1 aromatic carbocycles. The van der Waals surface area contributed by atoms with Crippen molar-refractivity contribution >= 4 is 11.0 Å². The first-order valence-electron chi connectivity index (χ1n) is 7.36. The highest BCUT2D eigenvalue weighted by Crippen LogP contribution is 2.32. The molecule has 1 aliphatic carbocycles. The van der Waals surface area contributed by atoms with Crippen molar-refractivity contribution in [2.45, 2.75) is 39.3 Å². The number of hydrogen-bond donors (Lipinski definition) is 1. The maximum Gasteiger partial charge on any atom is 0.272 e. The van der Waals surface area contributed by atoms with E-state index in [2.05, 4.69) is 17.2 Å². The van der Waals surface area contributed by atoms with Gasteiger partial charge in [-0.25, -0.2) is 4.98 Å². The Hall–Kier alpha value is -1.68. The van der Waals surface area contributed by atoms with E-state index in [-0.39, 0.29) is 5.56 Å². The van der Waals surface area contributed by atoms with Crippen molar-refractivity contribution < 1.29 is 0 Å². The summed E-state index contributed by atoms with van der Waals surface area (Å²) in [4.78, 5) is 16.6. The lowest BCUT2D eigenvalue weighted by atomic mass is 10.2. The van der Waals surface area contributed by atoms with Crippen LogP contribution >= 0.6 is 0 Å². The molecule has 20 heavy (non-hydrogen) atoms.